The number of halogens is 3. The molecule has 1 unspecified atom stereocenters. The highest BCUT2D eigenvalue weighted by atomic mass is 35.5. The second kappa shape index (κ2) is 10.6. The molecule has 0 aliphatic rings. The van der Waals surface area contributed by atoms with Gasteiger partial charge in [0.05, 0.1) is 0 Å². The number of ether oxygens (including phenoxy) is 1. The Morgan fingerprint density at radius 2 is 1.50 bits per heavy atom. The van der Waals surface area contributed by atoms with Crippen molar-refractivity contribution in [2.75, 3.05) is 0 Å². The molecule has 0 radical (unpaired) electrons. The third-order valence-electron chi connectivity index (χ3n) is 6.19. The average Bonchev–Trinajstić information content (AvgIpc) is 2.78. The number of nitrogens with one attached hydrogen (secondary N) is 1. The van der Waals surface area contributed by atoms with Gasteiger partial charge in [0, 0.05) is 34.7 Å². The van der Waals surface area contributed by atoms with Crippen molar-refractivity contribution in [3.63, 3.8) is 0 Å². The lowest BCUT2D eigenvalue weighted by Crippen LogP contribution is -2.51. The minimum absolute atomic E-state index is 0.0393. The first-order chi connectivity index (χ1) is 16.0. The fraction of sp³-hybridized carbons (Fsp3) is 0.321. The van der Waals surface area contributed by atoms with Gasteiger partial charge < -0.3 is 10.1 Å². The summed E-state index contributed by atoms with van der Waals surface area (Å²) in [7, 11) is 0. The van der Waals surface area contributed by atoms with E-state index in [4.69, 9.17) is 16.3 Å². The van der Waals surface area contributed by atoms with Gasteiger partial charge in [-0.2, -0.15) is 0 Å². The van der Waals surface area contributed by atoms with Crippen molar-refractivity contribution in [1.29, 1.82) is 0 Å². The van der Waals surface area contributed by atoms with Crippen molar-refractivity contribution >= 4 is 17.5 Å². The summed E-state index contributed by atoms with van der Waals surface area (Å²) in [5.41, 5.74) is 0.734. The largest absolute Gasteiger partial charge is 0.478 e. The Hall–Kier alpha value is -2.92. The Morgan fingerprint density at radius 1 is 0.941 bits per heavy atom. The molecular formula is C28H30ClF2NO2. The number of carbonyl (C=O) groups excluding carboxylic acids is 1. The standard InChI is InChI=1S/C28H30ClF2NO2/c1-17(20-11-13-22(29)14-12-20)26(21-9-7-6-8-10-21)19(3)32-27(33)28(4,5)34-23-15-24(30)18(2)25(31)16-23/h6-17,19,26H,1-5H3,(H,32,33)/t17?,19-,26+/m0/s1. The SMILES string of the molecule is Cc1c(F)cc(OC(C)(C)C(=O)N[C@@H](C)[C@H](c2ccccc2)C(C)c2ccc(Cl)cc2)cc1F. The maximum absolute atomic E-state index is 14.0. The zero-order valence-corrected chi connectivity index (χ0v) is 20.8. The van der Waals surface area contributed by atoms with E-state index in [1.165, 1.54) is 6.92 Å². The number of rotatable bonds is 8. The summed E-state index contributed by atoms with van der Waals surface area (Å²) in [6, 6.07) is 19.6. The summed E-state index contributed by atoms with van der Waals surface area (Å²) in [5, 5.41) is 3.73. The monoisotopic (exact) mass is 485 g/mol. The van der Waals surface area contributed by atoms with Gasteiger partial charge in [-0.25, -0.2) is 8.78 Å². The van der Waals surface area contributed by atoms with E-state index in [-0.39, 0.29) is 35.1 Å². The van der Waals surface area contributed by atoms with Crippen LogP contribution in [0, 0.1) is 18.6 Å². The molecule has 3 atom stereocenters. The molecule has 0 saturated carbocycles. The van der Waals surface area contributed by atoms with Crippen molar-refractivity contribution in [2.24, 2.45) is 0 Å². The zero-order chi connectivity index (χ0) is 25.0. The lowest BCUT2D eigenvalue weighted by molar-refractivity contribution is -0.135. The van der Waals surface area contributed by atoms with E-state index in [9.17, 15) is 13.6 Å². The third-order valence-corrected chi connectivity index (χ3v) is 6.44. The molecule has 1 amide bonds. The minimum Gasteiger partial charge on any atom is -0.478 e. The Labute approximate surface area is 205 Å². The Morgan fingerprint density at radius 3 is 2.06 bits per heavy atom. The first-order valence-electron chi connectivity index (χ1n) is 11.3. The Bertz CT molecular complexity index is 1110. The topological polar surface area (TPSA) is 38.3 Å². The number of carbonyl (C=O) groups is 1. The van der Waals surface area contributed by atoms with Gasteiger partial charge in [0.2, 0.25) is 0 Å². The number of benzene rings is 3. The van der Waals surface area contributed by atoms with Crippen LogP contribution in [0.2, 0.25) is 5.02 Å². The summed E-state index contributed by atoms with van der Waals surface area (Å²) in [5.74, 6) is -1.84. The summed E-state index contributed by atoms with van der Waals surface area (Å²) in [4.78, 5) is 13.2. The molecule has 0 aliphatic heterocycles. The quantitative estimate of drug-likeness (QED) is 0.367. The highest BCUT2D eigenvalue weighted by Gasteiger charge is 2.35. The van der Waals surface area contributed by atoms with E-state index in [0.29, 0.717) is 5.02 Å². The second-order valence-electron chi connectivity index (χ2n) is 9.16. The average molecular weight is 486 g/mol. The minimum atomic E-state index is -1.35. The van der Waals surface area contributed by atoms with Crippen LogP contribution in [0.4, 0.5) is 8.78 Å². The highest BCUT2D eigenvalue weighted by molar-refractivity contribution is 6.30. The van der Waals surface area contributed by atoms with E-state index in [1.807, 2.05) is 61.5 Å². The maximum atomic E-state index is 14.0. The van der Waals surface area contributed by atoms with Crippen molar-refractivity contribution < 1.29 is 18.3 Å². The van der Waals surface area contributed by atoms with Gasteiger partial charge in [-0.15, -0.1) is 0 Å². The van der Waals surface area contributed by atoms with Crippen LogP contribution >= 0.6 is 11.6 Å². The predicted molar refractivity (Wildman–Crippen MR) is 132 cm³/mol. The van der Waals surface area contributed by atoms with Crippen LogP contribution in [0.5, 0.6) is 5.75 Å². The molecule has 0 fully saturated rings. The number of amides is 1. The molecule has 1 N–H and O–H groups in total. The zero-order valence-electron chi connectivity index (χ0n) is 20.0. The van der Waals surface area contributed by atoms with Gasteiger partial charge in [-0.3, -0.25) is 4.79 Å². The molecule has 3 aromatic carbocycles. The molecule has 3 aromatic rings. The summed E-state index contributed by atoms with van der Waals surface area (Å²) in [6.45, 7) is 8.56. The lowest BCUT2D eigenvalue weighted by atomic mass is 9.78. The molecule has 0 saturated heterocycles. The molecule has 0 spiro atoms. The predicted octanol–water partition coefficient (Wildman–Crippen LogP) is 7.18. The van der Waals surface area contributed by atoms with Gasteiger partial charge >= 0.3 is 0 Å². The van der Waals surface area contributed by atoms with Crippen LogP contribution in [0.25, 0.3) is 0 Å². The molecule has 3 rings (SSSR count). The number of hydrogen-bond acceptors (Lipinski definition) is 2. The van der Waals surface area contributed by atoms with E-state index in [2.05, 4.69) is 12.2 Å². The van der Waals surface area contributed by atoms with Crippen LogP contribution in [0.3, 0.4) is 0 Å². The molecule has 0 bridgehead atoms. The van der Waals surface area contributed by atoms with Gasteiger partial charge in [0.25, 0.3) is 5.91 Å². The summed E-state index contributed by atoms with van der Waals surface area (Å²) < 4.78 is 33.7. The molecular weight excluding hydrogens is 456 g/mol. The Kier molecular flexibility index (Phi) is 7.98. The van der Waals surface area contributed by atoms with Crippen LogP contribution in [-0.2, 0) is 4.79 Å². The van der Waals surface area contributed by atoms with Crippen molar-refractivity contribution in [3.05, 3.63) is 100 Å². The first kappa shape index (κ1) is 25.7. The van der Waals surface area contributed by atoms with Crippen molar-refractivity contribution in [3.8, 4) is 5.75 Å². The highest BCUT2D eigenvalue weighted by Crippen LogP contribution is 2.36. The smallest absolute Gasteiger partial charge is 0.263 e. The van der Waals surface area contributed by atoms with Gasteiger partial charge in [-0.1, -0.05) is 61.0 Å². The van der Waals surface area contributed by atoms with Crippen LogP contribution in [0.1, 0.15) is 56.2 Å². The van der Waals surface area contributed by atoms with E-state index < -0.39 is 17.2 Å². The van der Waals surface area contributed by atoms with Crippen molar-refractivity contribution in [1.82, 2.24) is 5.32 Å². The number of hydrogen-bond donors (Lipinski definition) is 1. The summed E-state index contributed by atoms with van der Waals surface area (Å²) in [6.07, 6.45) is 0. The van der Waals surface area contributed by atoms with Gasteiger partial charge in [-0.05, 0) is 56.9 Å². The normalized spacial score (nSPS) is 14.2. The maximum Gasteiger partial charge on any atom is 0.263 e. The first-order valence-corrected chi connectivity index (χ1v) is 11.6. The molecule has 0 heterocycles. The molecule has 0 aromatic heterocycles. The Balaban J connectivity index is 1.83. The van der Waals surface area contributed by atoms with E-state index in [0.717, 1.165) is 23.3 Å². The van der Waals surface area contributed by atoms with Crippen LogP contribution in [0.15, 0.2) is 66.7 Å². The summed E-state index contributed by atoms with van der Waals surface area (Å²) >= 11 is 6.07. The van der Waals surface area contributed by atoms with Crippen LogP contribution < -0.4 is 10.1 Å². The second-order valence-corrected chi connectivity index (χ2v) is 9.60. The van der Waals surface area contributed by atoms with E-state index >= 15 is 0 Å². The van der Waals surface area contributed by atoms with Crippen molar-refractivity contribution in [2.45, 2.75) is 58.1 Å². The molecule has 6 heteroatoms. The fourth-order valence-electron chi connectivity index (χ4n) is 4.15. The molecule has 180 valence electrons. The molecule has 34 heavy (non-hydrogen) atoms. The molecule has 0 aliphatic carbocycles. The fourth-order valence-corrected chi connectivity index (χ4v) is 4.28. The van der Waals surface area contributed by atoms with Gasteiger partial charge in [0.15, 0.2) is 5.60 Å². The lowest BCUT2D eigenvalue weighted by Gasteiger charge is -2.34. The molecule has 3 nitrogen and oxygen atoms in total. The van der Waals surface area contributed by atoms with Gasteiger partial charge in [0.1, 0.15) is 17.4 Å². The third kappa shape index (κ3) is 5.95. The van der Waals surface area contributed by atoms with Crippen LogP contribution in [-0.4, -0.2) is 17.6 Å². The van der Waals surface area contributed by atoms with E-state index in [1.54, 1.807) is 13.8 Å².